The van der Waals surface area contributed by atoms with Crippen molar-refractivity contribution in [2.45, 2.75) is 46.3 Å². The van der Waals surface area contributed by atoms with Crippen molar-refractivity contribution in [3.63, 3.8) is 0 Å². The minimum absolute atomic E-state index is 0.233. The largest absolute Gasteiger partial charge is 0.493 e. The third-order valence-corrected chi connectivity index (χ3v) is 5.36. The van der Waals surface area contributed by atoms with E-state index in [-0.39, 0.29) is 12.1 Å². The van der Waals surface area contributed by atoms with Crippen molar-refractivity contribution in [1.29, 1.82) is 0 Å². The van der Waals surface area contributed by atoms with Gasteiger partial charge in [0, 0.05) is 5.70 Å². The predicted molar refractivity (Wildman–Crippen MR) is 124 cm³/mol. The van der Waals surface area contributed by atoms with Crippen LogP contribution in [0.2, 0.25) is 0 Å². The molecule has 0 fully saturated rings. The number of fused-ring (bicyclic) bond motifs is 3. The van der Waals surface area contributed by atoms with Crippen LogP contribution in [0.25, 0.3) is 11.0 Å². The average molecular weight is 436 g/mol. The maximum absolute atomic E-state index is 13.2. The highest BCUT2D eigenvalue weighted by molar-refractivity contribution is 5.94. The molecule has 0 aliphatic carbocycles. The molecule has 1 aliphatic rings. The number of nitrogens with one attached hydrogen (secondary N) is 1. The van der Waals surface area contributed by atoms with Gasteiger partial charge in [0.05, 0.1) is 42.5 Å². The van der Waals surface area contributed by atoms with Crippen molar-refractivity contribution in [1.82, 2.24) is 9.55 Å². The first kappa shape index (κ1) is 21.7. The Balaban J connectivity index is 1.90. The zero-order valence-electron chi connectivity index (χ0n) is 19.1. The van der Waals surface area contributed by atoms with Gasteiger partial charge in [-0.25, -0.2) is 9.78 Å². The van der Waals surface area contributed by atoms with Crippen molar-refractivity contribution in [2.75, 3.05) is 19.0 Å². The number of rotatable bonds is 7. The fourth-order valence-corrected chi connectivity index (χ4v) is 4.01. The first-order valence-electron chi connectivity index (χ1n) is 10.9. The maximum Gasteiger partial charge on any atom is 0.338 e. The lowest BCUT2D eigenvalue weighted by Gasteiger charge is -2.31. The quantitative estimate of drug-likeness (QED) is 0.522. The number of hydrogen-bond acceptors (Lipinski definition) is 6. The molecule has 0 saturated carbocycles. The normalized spacial score (nSPS) is 15.5. The number of nitrogens with zero attached hydrogens (tertiary/aromatic N) is 2. The van der Waals surface area contributed by atoms with E-state index >= 15 is 0 Å². The molecular weight excluding hydrogens is 406 g/mol. The van der Waals surface area contributed by atoms with Gasteiger partial charge in [-0.05, 0) is 57.0 Å². The summed E-state index contributed by atoms with van der Waals surface area (Å²) in [6.07, 6.45) is 0.667. The Labute approximate surface area is 188 Å². The minimum atomic E-state index is -0.431. The molecule has 0 spiro atoms. The van der Waals surface area contributed by atoms with Crippen LogP contribution in [0.15, 0.2) is 53.7 Å². The van der Waals surface area contributed by atoms with E-state index in [1.54, 1.807) is 7.11 Å². The summed E-state index contributed by atoms with van der Waals surface area (Å²) in [4.78, 5) is 18.0. The van der Waals surface area contributed by atoms with Crippen LogP contribution >= 0.6 is 0 Å². The summed E-state index contributed by atoms with van der Waals surface area (Å²) in [5, 5.41) is 3.30. The Hall–Kier alpha value is -3.48. The SMILES string of the molecule is CCCOc1ccc([C@@H]2C(C(=O)OC(C)C)=C(C)Nc3nc4ccccc4n32)cc1OC. The van der Waals surface area contributed by atoms with E-state index in [9.17, 15) is 4.79 Å². The van der Waals surface area contributed by atoms with Crippen LogP contribution < -0.4 is 14.8 Å². The van der Waals surface area contributed by atoms with E-state index in [2.05, 4.69) is 12.2 Å². The summed E-state index contributed by atoms with van der Waals surface area (Å²) in [5.41, 5.74) is 3.91. The first-order chi connectivity index (χ1) is 15.4. The highest BCUT2D eigenvalue weighted by Crippen LogP contribution is 2.42. The molecular formula is C25H29N3O4. The molecule has 0 bridgehead atoms. The topological polar surface area (TPSA) is 74.6 Å². The number of allylic oxidation sites excluding steroid dienone is 1. The van der Waals surface area contributed by atoms with Crippen LogP contribution in [0.3, 0.4) is 0 Å². The van der Waals surface area contributed by atoms with Crippen LogP contribution in [-0.4, -0.2) is 35.3 Å². The molecule has 4 rings (SSSR count). The molecule has 7 heteroatoms. The third kappa shape index (κ3) is 3.90. The molecule has 168 valence electrons. The zero-order valence-corrected chi connectivity index (χ0v) is 19.1. The van der Waals surface area contributed by atoms with Crippen molar-refractivity contribution < 1.29 is 19.0 Å². The van der Waals surface area contributed by atoms with Crippen molar-refractivity contribution in [3.8, 4) is 11.5 Å². The van der Waals surface area contributed by atoms with Gasteiger partial charge in [0.25, 0.3) is 0 Å². The highest BCUT2D eigenvalue weighted by Gasteiger charge is 2.35. The standard InChI is InChI=1S/C25H29N3O4/c1-6-13-31-20-12-11-17(14-21(20)30-5)23-22(24(29)32-15(2)3)16(4)26-25-27-18-9-7-8-10-19(18)28(23)25/h7-12,14-15,23H,6,13H2,1-5H3,(H,26,27)/t23-/m1/s1. The Bertz CT molecular complexity index is 1180. The molecule has 2 heterocycles. The number of para-hydroxylation sites is 2. The second kappa shape index (κ2) is 8.94. The number of carbonyl (C=O) groups excluding carboxylic acids is 1. The number of hydrogen-bond donors (Lipinski definition) is 1. The second-order valence-corrected chi connectivity index (χ2v) is 8.07. The first-order valence-corrected chi connectivity index (χ1v) is 10.9. The summed E-state index contributed by atoms with van der Waals surface area (Å²) in [5.74, 6) is 1.62. The van der Waals surface area contributed by atoms with Crippen LogP contribution in [-0.2, 0) is 9.53 Å². The fraction of sp³-hybridized carbons (Fsp3) is 0.360. The van der Waals surface area contributed by atoms with Crippen LogP contribution in [0.5, 0.6) is 11.5 Å². The average Bonchev–Trinajstić information content (AvgIpc) is 3.13. The molecule has 7 nitrogen and oxygen atoms in total. The summed E-state index contributed by atoms with van der Waals surface area (Å²) in [6.45, 7) is 8.23. The van der Waals surface area contributed by atoms with Crippen LogP contribution in [0, 0.1) is 0 Å². The van der Waals surface area contributed by atoms with Crippen LogP contribution in [0.1, 0.15) is 45.7 Å². The van der Waals surface area contributed by atoms with Crippen molar-refractivity contribution in [2.24, 2.45) is 0 Å². The summed E-state index contributed by atoms with van der Waals surface area (Å²) in [6, 6.07) is 13.2. The number of esters is 1. The van der Waals surface area contributed by atoms with E-state index in [0.717, 1.165) is 23.0 Å². The van der Waals surface area contributed by atoms with Gasteiger partial charge in [0.2, 0.25) is 5.95 Å². The van der Waals surface area contributed by atoms with E-state index in [1.807, 2.05) is 67.8 Å². The molecule has 1 N–H and O–H groups in total. The zero-order chi connectivity index (χ0) is 22.8. The fourth-order valence-electron chi connectivity index (χ4n) is 4.01. The van der Waals surface area contributed by atoms with E-state index < -0.39 is 6.04 Å². The lowest BCUT2D eigenvalue weighted by molar-refractivity contribution is -0.143. The van der Waals surface area contributed by atoms with E-state index in [4.69, 9.17) is 19.2 Å². The Morgan fingerprint density at radius 2 is 1.97 bits per heavy atom. The molecule has 32 heavy (non-hydrogen) atoms. The highest BCUT2D eigenvalue weighted by atomic mass is 16.5. The molecule has 1 aromatic heterocycles. The second-order valence-electron chi connectivity index (χ2n) is 8.07. The number of imidazole rings is 1. The van der Waals surface area contributed by atoms with E-state index in [0.29, 0.717) is 35.3 Å². The molecule has 2 aromatic carbocycles. The van der Waals surface area contributed by atoms with Gasteiger partial charge in [-0.15, -0.1) is 0 Å². The predicted octanol–water partition coefficient (Wildman–Crippen LogP) is 5.07. The Kier molecular flexibility index (Phi) is 6.08. The lowest BCUT2D eigenvalue weighted by Crippen LogP contribution is -2.30. The summed E-state index contributed by atoms with van der Waals surface area (Å²) < 4.78 is 19.1. The Morgan fingerprint density at radius 3 is 2.69 bits per heavy atom. The lowest BCUT2D eigenvalue weighted by atomic mass is 9.94. The van der Waals surface area contributed by atoms with Crippen LogP contribution in [0.4, 0.5) is 5.95 Å². The van der Waals surface area contributed by atoms with Gasteiger partial charge in [0.15, 0.2) is 11.5 Å². The molecule has 0 saturated heterocycles. The minimum Gasteiger partial charge on any atom is -0.493 e. The molecule has 1 aliphatic heterocycles. The Morgan fingerprint density at radius 1 is 1.19 bits per heavy atom. The molecule has 0 unspecified atom stereocenters. The number of aromatic nitrogens is 2. The van der Waals surface area contributed by atoms with E-state index in [1.165, 1.54) is 0 Å². The molecule has 1 atom stereocenters. The smallest absolute Gasteiger partial charge is 0.338 e. The maximum atomic E-state index is 13.2. The summed E-state index contributed by atoms with van der Waals surface area (Å²) >= 11 is 0. The molecule has 0 radical (unpaired) electrons. The van der Waals surface area contributed by atoms with Gasteiger partial charge in [0.1, 0.15) is 0 Å². The number of benzene rings is 2. The molecule has 3 aromatic rings. The molecule has 0 amide bonds. The van der Waals surface area contributed by atoms with Gasteiger partial charge in [-0.2, -0.15) is 0 Å². The van der Waals surface area contributed by atoms with Gasteiger partial charge < -0.3 is 19.5 Å². The van der Waals surface area contributed by atoms with Gasteiger partial charge in [-0.1, -0.05) is 25.1 Å². The third-order valence-electron chi connectivity index (χ3n) is 5.36. The number of anilines is 1. The monoisotopic (exact) mass is 435 g/mol. The van der Waals surface area contributed by atoms with Gasteiger partial charge in [-0.3, -0.25) is 4.57 Å². The number of methoxy groups -OCH3 is 1. The van der Waals surface area contributed by atoms with Crippen molar-refractivity contribution >= 4 is 23.0 Å². The number of ether oxygens (including phenoxy) is 3. The van der Waals surface area contributed by atoms with Crippen molar-refractivity contribution in [3.05, 3.63) is 59.3 Å². The number of carbonyl (C=O) groups is 1. The van der Waals surface area contributed by atoms with Gasteiger partial charge >= 0.3 is 5.97 Å². The summed E-state index contributed by atoms with van der Waals surface area (Å²) in [7, 11) is 1.62.